The fraction of sp³-hybridized carbons (Fsp3) is 0.688. The molecule has 1 aromatic rings. The predicted molar refractivity (Wildman–Crippen MR) is 84.6 cm³/mol. The summed E-state index contributed by atoms with van der Waals surface area (Å²) < 4.78 is 0. The van der Waals surface area contributed by atoms with Crippen LogP contribution in [0.2, 0.25) is 0 Å². The van der Waals surface area contributed by atoms with Gasteiger partial charge in [-0.25, -0.2) is 9.97 Å². The zero-order valence-electron chi connectivity index (χ0n) is 13.6. The molecule has 116 valence electrons. The van der Waals surface area contributed by atoms with Crippen molar-refractivity contribution in [2.24, 2.45) is 0 Å². The number of nitrogens with zero attached hydrogens (tertiary/aromatic N) is 4. The summed E-state index contributed by atoms with van der Waals surface area (Å²) in [6.45, 7) is 11.5. The number of aryl methyl sites for hydroxylation is 2. The normalized spacial score (nSPS) is 15.4. The number of hydrogen-bond acceptors (Lipinski definition) is 4. The van der Waals surface area contributed by atoms with Crippen LogP contribution in [-0.2, 0) is 4.79 Å². The number of aromatic nitrogens is 2. The first-order valence-corrected chi connectivity index (χ1v) is 7.87. The van der Waals surface area contributed by atoms with E-state index in [4.69, 9.17) is 0 Å². The third-order valence-electron chi connectivity index (χ3n) is 4.15. The minimum absolute atomic E-state index is 0.295. The zero-order chi connectivity index (χ0) is 15.4. The van der Waals surface area contributed by atoms with E-state index < -0.39 is 0 Å². The molecule has 21 heavy (non-hydrogen) atoms. The van der Waals surface area contributed by atoms with Gasteiger partial charge in [-0.2, -0.15) is 0 Å². The van der Waals surface area contributed by atoms with Crippen molar-refractivity contribution >= 4 is 11.7 Å². The Morgan fingerprint density at radius 3 is 2.38 bits per heavy atom. The Kier molecular flexibility index (Phi) is 5.15. The van der Waals surface area contributed by atoms with Crippen LogP contribution in [0.5, 0.6) is 0 Å². The highest BCUT2D eigenvalue weighted by atomic mass is 16.2. The molecule has 5 nitrogen and oxygen atoms in total. The van der Waals surface area contributed by atoms with Crippen LogP contribution < -0.4 is 4.90 Å². The first-order valence-electron chi connectivity index (χ1n) is 7.87. The van der Waals surface area contributed by atoms with Crippen molar-refractivity contribution in [3.63, 3.8) is 0 Å². The van der Waals surface area contributed by atoms with Crippen LogP contribution in [-0.4, -0.2) is 47.0 Å². The van der Waals surface area contributed by atoms with E-state index in [0.29, 0.717) is 12.3 Å². The summed E-state index contributed by atoms with van der Waals surface area (Å²) in [6.07, 6.45) is 2.74. The van der Waals surface area contributed by atoms with Crippen molar-refractivity contribution in [3.8, 4) is 0 Å². The Bertz CT molecular complexity index is 507. The van der Waals surface area contributed by atoms with Gasteiger partial charge in [-0.1, -0.05) is 13.3 Å². The monoisotopic (exact) mass is 290 g/mol. The summed E-state index contributed by atoms with van der Waals surface area (Å²) in [6, 6.07) is 0. The fourth-order valence-corrected chi connectivity index (χ4v) is 2.71. The molecule has 0 saturated carbocycles. The second-order valence-corrected chi connectivity index (χ2v) is 5.78. The number of carbonyl (C=O) groups excluding carboxylic acids is 1. The molecule has 1 aliphatic heterocycles. The van der Waals surface area contributed by atoms with Crippen LogP contribution in [0.4, 0.5) is 5.82 Å². The zero-order valence-corrected chi connectivity index (χ0v) is 13.6. The van der Waals surface area contributed by atoms with Gasteiger partial charge in [0.25, 0.3) is 0 Å². The molecule has 1 aromatic heterocycles. The maximum Gasteiger partial charge on any atom is 0.222 e. The van der Waals surface area contributed by atoms with Crippen molar-refractivity contribution in [1.82, 2.24) is 14.9 Å². The SMILES string of the molecule is CCCCC(=O)N1CCN(c2nc(C)nc(C)c2C)CC1. The summed E-state index contributed by atoms with van der Waals surface area (Å²) >= 11 is 0. The van der Waals surface area contributed by atoms with Crippen LogP contribution in [0.15, 0.2) is 0 Å². The molecule has 0 bridgehead atoms. The topological polar surface area (TPSA) is 49.3 Å². The molecule has 1 fully saturated rings. The van der Waals surface area contributed by atoms with Gasteiger partial charge in [0.05, 0.1) is 0 Å². The molecular formula is C16H26N4O. The van der Waals surface area contributed by atoms with Crippen molar-refractivity contribution in [3.05, 3.63) is 17.1 Å². The van der Waals surface area contributed by atoms with E-state index in [1.165, 1.54) is 0 Å². The van der Waals surface area contributed by atoms with E-state index >= 15 is 0 Å². The number of amides is 1. The molecule has 0 radical (unpaired) electrons. The second-order valence-electron chi connectivity index (χ2n) is 5.78. The molecular weight excluding hydrogens is 264 g/mol. The standard InChI is InChI=1S/C16H26N4O/c1-5-6-7-15(21)19-8-10-20(11-9-19)16-12(2)13(3)17-14(4)18-16/h5-11H2,1-4H3. The third kappa shape index (κ3) is 3.71. The second kappa shape index (κ2) is 6.87. The van der Waals surface area contributed by atoms with Gasteiger partial charge in [0.1, 0.15) is 11.6 Å². The molecule has 0 unspecified atom stereocenters. The summed E-state index contributed by atoms with van der Waals surface area (Å²) in [4.78, 5) is 25.3. The Balaban J connectivity index is 2.00. The lowest BCUT2D eigenvalue weighted by molar-refractivity contribution is -0.131. The Morgan fingerprint density at radius 1 is 1.10 bits per heavy atom. The van der Waals surface area contributed by atoms with E-state index in [2.05, 4.69) is 28.7 Å². The largest absolute Gasteiger partial charge is 0.353 e. The molecule has 0 atom stereocenters. The third-order valence-corrected chi connectivity index (χ3v) is 4.15. The van der Waals surface area contributed by atoms with Crippen LogP contribution in [0.25, 0.3) is 0 Å². The molecule has 1 saturated heterocycles. The Hall–Kier alpha value is -1.65. The van der Waals surface area contributed by atoms with Crippen molar-refractivity contribution < 1.29 is 4.79 Å². The van der Waals surface area contributed by atoms with Crippen LogP contribution in [0, 0.1) is 20.8 Å². The molecule has 0 N–H and O–H groups in total. The van der Waals surface area contributed by atoms with E-state index in [1.54, 1.807) is 0 Å². The van der Waals surface area contributed by atoms with Gasteiger partial charge in [0.2, 0.25) is 5.91 Å². The maximum atomic E-state index is 12.1. The highest BCUT2D eigenvalue weighted by molar-refractivity contribution is 5.76. The smallest absolute Gasteiger partial charge is 0.222 e. The summed E-state index contributed by atoms with van der Waals surface area (Å²) in [5, 5.41) is 0. The van der Waals surface area contributed by atoms with Gasteiger partial charge in [-0.05, 0) is 27.2 Å². The minimum Gasteiger partial charge on any atom is -0.353 e. The number of hydrogen-bond donors (Lipinski definition) is 0. The maximum absolute atomic E-state index is 12.1. The number of carbonyl (C=O) groups is 1. The van der Waals surface area contributed by atoms with Crippen LogP contribution in [0.3, 0.4) is 0 Å². The summed E-state index contributed by atoms with van der Waals surface area (Å²) in [5.74, 6) is 2.14. The number of anilines is 1. The van der Waals surface area contributed by atoms with Crippen molar-refractivity contribution in [2.75, 3.05) is 31.1 Å². The molecule has 2 heterocycles. The van der Waals surface area contributed by atoms with Crippen molar-refractivity contribution in [2.45, 2.75) is 47.0 Å². The van der Waals surface area contributed by atoms with Gasteiger partial charge in [0.15, 0.2) is 0 Å². The van der Waals surface area contributed by atoms with Gasteiger partial charge in [0, 0.05) is 43.9 Å². The van der Waals surface area contributed by atoms with E-state index in [1.807, 2.05) is 18.7 Å². The predicted octanol–water partition coefficient (Wildman–Crippen LogP) is 2.24. The van der Waals surface area contributed by atoms with E-state index in [0.717, 1.165) is 61.9 Å². The lowest BCUT2D eigenvalue weighted by atomic mass is 10.2. The average molecular weight is 290 g/mol. The molecule has 5 heteroatoms. The minimum atomic E-state index is 0.295. The van der Waals surface area contributed by atoms with Gasteiger partial charge >= 0.3 is 0 Å². The number of piperazine rings is 1. The van der Waals surface area contributed by atoms with Gasteiger partial charge in [-0.15, -0.1) is 0 Å². The van der Waals surface area contributed by atoms with Gasteiger partial charge in [-0.3, -0.25) is 4.79 Å². The van der Waals surface area contributed by atoms with Crippen molar-refractivity contribution in [1.29, 1.82) is 0 Å². The van der Waals surface area contributed by atoms with Crippen LogP contribution in [0.1, 0.15) is 43.3 Å². The molecule has 0 spiro atoms. The molecule has 0 aliphatic carbocycles. The molecule has 2 rings (SSSR count). The Labute approximate surface area is 127 Å². The van der Waals surface area contributed by atoms with E-state index in [9.17, 15) is 4.79 Å². The molecule has 1 amide bonds. The quantitative estimate of drug-likeness (QED) is 0.853. The van der Waals surface area contributed by atoms with Crippen LogP contribution >= 0.6 is 0 Å². The van der Waals surface area contributed by atoms with E-state index in [-0.39, 0.29) is 0 Å². The molecule has 1 aliphatic rings. The lowest BCUT2D eigenvalue weighted by Gasteiger charge is -2.36. The Morgan fingerprint density at radius 2 is 1.76 bits per heavy atom. The first kappa shape index (κ1) is 15.7. The highest BCUT2D eigenvalue weighted by Gasteiger charge is 2.23. The average Bonchev–Trinajstić information content (AvgIpc) is 2.48. The molecule has 0 aromatic carbocycles. The summed E-state index contributed by atoms with van der Waals surface area (Å²) in [5.41, 5.74) is 2.19. The van der Waals surface area contributed by atoms with Gasteiger partial charge < -0.3 is 9.80 Å². The summed E-state index contributed by atoms with van der Waals surface area (Å²) in [7, 11) is 0. The first-order chi connectivity index (χ1) is 10.0. The number of unbranched alkanes of at least 4 members (excludes halogenated alkanes) is 1. The number of rotatable bonds is 4. The lowest BCUT2D eigenvalue weighted by Crippen LogP contribution is -2.49. The highest BCUT2D eigenvalue weighted by Crippen LogP contribution is 2.21. The fourth-order valence-electron chi connectivity index (χ4n) is 2.71.